The SMILES string of the molecule is COc1cc(C)c(Cl)c(C)c1C(OC)N(C)C. The zero-order valence-corrected chi connectivity index (χ0v) is 12.1. The Bertz CT molecular complexity index is 405. The van der Waals surface area contributed by atoms with Crippen molar-refractivity contribution in [1.82, 2.24) is 4.90 Å². The van der Waals surface area contributed by atoms with Crippen LogP contribution in [-0.2, 0) is 4.74 Å². The molecule has 1 aromatic rings. The molecule has 0 N–H and O–H groups in total. The highest BCUT2D eigenvalue weighted by Crippen LogP contribution is 2.37. The first kappa shape index (κ1) is 14.3. The van der Waals surface area contributed by atoms with Crippen LogP contribution in [0.4, 0.5) is 0 Å². The van der Waals surface area contributed by atoms with Crippen molar-refractivity contribution in [2.24, 2.45) is 0 Å². The highest BCUT2D eigenvalue weighted by Gasteiger charge is 2.22. The summed E-state index contributed by atoms with van der Waals surface area (Å²) in [5.41, 5.74) is 3.00. The standard InChI is InChI=1S/C13H20ClNO2/c1-8-7-10(16-5)11(9(2)12(8)14)13(17-6)15(3)4/h7,13H,1-6H3. The van der Waals surface area contributed by atoms with Crippen LogP contribution in [0.2, 0.25) is 5.02 Å². The van der Waals surface area contributed by atoms with Gasteiger partial charge in [0.2, 0.25) is 0 Å². The molecule has 0 amide bonds. The lowest BCUT2D eigenvalue weighted by molar-refractivity contribution is -0.00739. The van der Waals surface area contributed by atoms with Gasteiger partial charge in [0.25, 0.3) is 0 Å². The maximum absolute atomic E-state index is 6.29. The van der Waals surface area contributed by atoms with Crippen molar-refractivity contribution in [3.8, 4) is 5.75 Å². The van der Waals surface area contributed by atoms with Crippen LogP contribution < -0.4 is 4.74 Å². The van der Waals surface area contributed by atoms with Crippen LogP contribution in [0.15, 0.2) is 6.07 Å². The predicted octanol–water partition coefficient (Wildman–Crippen LogP) is 3.17. The molecule has 0 bridgehead atoms. The Hall–Kier alpha value is -0.770. The van der Waals surface area contributed by atoms with Crippen molar-refractivity contribution in [1.29, 1.82) is 0 Å². The van der Waals surface area contributed by atoms with E-state index in [4.69, 9.17) is 21.1 Å². The van der Waals surface area contributed by atoms with E-state index in [0.29, 0.717) is 0 Å². The quantitative estimate of drug-likeness (QED) is 0.774. The van der Waals surface area contributed by atoms with Gasteiger partial charge in [0.05, 0.1) is 7.11 Å². The minimum absolute atomic E-state index is 0.164. The number of aryl methyl sites for hydroxylation is 1. The van der Waals surface area contributed by atoms with Gasteiger partial charge in [0, 0.05) is 17.7 Å². The van der Waals surface area contributed by atoms with E-state index in [1.807, 2.05) is 38.9 Å². The van der Waals surface area contributed by atoms with Gasteiger partial charge in [-0.2, -0.15) is 0 Å². The van der Waals surface area contributed by atoms with Gasteiger partial charge in [-0.1, -0.05) is 11.6 Å². The highest BCUT2D eigenvalue weighted by molar-refractivity contribution is 6.32. The zero-order valence-electron chi connectivity index (χ0n) is 11.3. The second-order valence-electron chi connectivity index (χ2n) is 4.30. The van der Waals surface area contributed by atoms with Gasteiger partial charge < -0.3 is 9.47 Å². The number of hydrogen-bond donors (Lipinski definition) is 0. The van der Waals surface area contributed by atoms with E-state index < -0.39 is 0 Å². The third-order valence-corrected chi connectivity index (χ3v) is 3.43. The number of rotatable bonds is 4. The Kier molecular flexibility index (Phi) is 4.80. The molecule has 0 heterocycles. The van der Waals surface area contributed by atoms with Crippen LogP contribution in [0.1, 0.15) is 22.9 Å². The molecule has 0 fully saturated rings. The van der Waals surface area contributed by atoms with Crippen molar-refractivity contribution >= 4 is 11.6 Å². The smallest absolute Gasteiger partial charge is 0.139 e. The van der Waals surface area contributed by atoms with E-state index >= 15 is 0 Å². The maximum atomic E-state index is 6.29. The average molecular weight is 258 g/mol. The molecule has 17 heavy (non-hydrogen) atoms. The van der Waals surface area contributed by atoms with Crippen LogP contribution in [-0.4, -0.2) is 33.2 Å². The molecule has 0 aliphatic heterocycles. The van der Waals surface area contributed by atoms with Crippen molar-refractivity contribution in [2.75, 3.05) is 28.3 Å². The summed E-state index contributed by atoms with van der Waals surface area (Å²) >= 11 is 6.29. The summed E-state index contributed by atoms with van der Waals surface area (Å²) in [5, 5.41) is 0.768. The second-order valence-corrected chi connectivity index (χ2v) is 4.68. The molecule has 0 aliphatic rings. The molecule has 0 spiro atoms. The minimum Gasteiger partial charge on any atom is -0.496 e. The van der Waals surface area contributed by atoms with Gasteiger partial charge in [0.15, 0.2) is 0 Å². The number of nitrogens with zero attached hydrogens (tertiary/aromatic N) is 1. The molecule has 3 nitrogen and oxygen atoms in total. The van der Waals surface area contributed by atoms with Crippen LogP contribution >= 0.6 is 11.6 Å². The Morgan fingerprint density at radius 2 is 1.82 bits per heavy atom. The summed E-state index contributed by atoms with van der Waals surface area (Å²) in [6.45, 7) is 3.96. The van der Waals surface area contributed by atoms with Gasteiger partial charge >= 0.3 is 0 Å². The molecule has 1 rings (SSSR count). The third kappa shape index (κ3) is 2.73. The number of hydrogen-bond acceptors (Lipinski definition) is 3. The lowest BCUT2D eigenvalue weighted by Crippen LogP contribution is -2.23. The number of halogens is 1. The van der Waals surface area contributed by atoms with E-state index in [9.17, 15) is 0 Å². The van der Waals surface area contributed by atoms with Gasteiger partial charge in [-0.3, -0.25) is 4.90 Å². The normalized spacial score (nSPS) is 12.9. The molecule has 4 heteroatoms. The van der Waals surface area contributed by atoms with E-state index in [1.54, 1.807) is 14.2 Å². The van der Waals surface area contributed by atoms with Gasteiger partial charge in [-0.15, -0.1) is 0 Å². The summed E-state index contributed by atoms with van der Waals surface area (Å²) in [6.07, 6.45) is -0.164. The molecule has 0 saturated heterocycles. The molecule has 96 valence electrons. The van der Waals surface area contributed by atoms with Gasteiger partial charge in [-0.05, 0) is 45.1 Å². The molecule has 0 aromatic heterocycles. The first-order chi connectivity index (χ1) is 7.93. The molecular weight excluding hydrogens is 238 g/mol. The Morgan fingerprint density at radius 3 is 2.24 bits per heavy atom. The number of benzene rings is 1. The monoisotopic (exact) mass is 257 g/mol. The average Bonchev–Trinajstić information content (AvgIpc) is 2.29. The van der Waals surface area contributed by atoms with Gasteiger partial charge in [0.1, 0.15) is 12.0 Å². The molecule has 0 radical (unpaired) electrons. The van der Waals surface area contributed by atoms with E-state index in [0.717, 1.165) is 27.5 Å². The number of methoxy groups -OCH3 is 2. The number of ether oxygens (including phenoxy) is 2. The fourth-order valence-electron chi connectivity index (χ4n) is 2.00. The largest absolute Gasteiger partial charge is 0.496 e. The van der Waals surface area contributed by atoms with E-state index in [-0.39, 0.29) is 6.23 Å². The lowest BCUT2D eigenvalue weighted by Gasteiger charge is -2.27. The van der Waals surface area contributed by atoms with Crippen LogP contribution in [0.5, 0.6) is 5.75 Å². The third-order valence-electron chi connectivity index (χ3n) is 2.85. The fraction of sp³-hybridized carbons (Fsp3) is 0.538. The summed E-state index contributed by atoms with van der Waals surface area (Å²) in [7, 11) is 7.26. The predicted molar refractivity (Wildman–Crippen MR) is 70.9 cm³/mol. The lowest BCUT2D eigenvalue weighted by atomic mass is 10.0. The maximum Gasteiger partial charge on any atom is 0.139 e. The van der Waals surface area contributed by atoms with E-state index in [2.05, 4.69) is 0 Å². The summed E-state index contributed by atoms with van der Waals surface area (Å²) in [4.78, 5) is 1.98. The van der Waals surface area contributed by atoms with Crippen LogP contribution in [0.25, 0.3) is 0 Å². The second kappa shape index (κ2) is 5.71. The molecule has 1 unspecified atom stereocenters. The van der Waals surface area contributed by atoms with Crippen molar-refractivity contribution in [3.05, 3.63) is 27.8 Å². The Morgan fingerprint density at radius 1 is 1.24 bits per heavy atom. The van der Waals surface area contributed by atoms with Crippen molar-refractivity contribution < 1.29 is 9.47 Å². The summed E-state index contributed by atoms with van der Waals surface area (Å²) in [5.74, 6) is 0.810. The fourth-order valence-corrected chi connectivity index (χ4v) is 2.16. The summed E-state index contributed by atoms with van der Waals surface area (Å²) < 4.78 is 10.9. The Balaban J connectivity index is 3.44. The Labute approximate surface area is 108 Å². The molecule has 0 aliphatic carbocycles. The van der Waals surface area contributed by atoms with E-state index in [1.165, 1.54) is 0 Å². The minimum atomic E-state index is -0.164. The van der Waals surface area contributed by atoms with Crippen LogP contribution in [0, 0.1) is 13.8 Å². The molecule has 1 atom stereocenters. The van der Waals surface area contributed by atoms with Gasteiger partial charge in [-0.25, -0.2) is 0 Å². The molecular formula is C13H20ClNO2. The zero-order chi connectivity index (χ0) is 13.2. The van der Waals surface area contributed by atoms with Crippen molar-refractivity contribution in [3.63, 3.8) is 0 Å². The topological polar surface area (TPSA) is 21.7 Å². The molecule has 1 aromatic carbocycles. The van der Waals surface area contributed by atoms with Crippen LogP contribution in [0.3, 0.4) is 0 Å². The first-order valence-corrected chi connectivity index (χ1v) is 5.84. The summed E-state index contributed by atoms with van der Waals surface area (Å²) in [6, 6.07) is 1.94. The molecule has 0 saturated carbocycles. The van der Waals surface area contributed by atoms with Crippen molar-refractivity contribution in [2.45, 2.75) is 20.1 Å². The first-order valence-electron chi connectivity index (χ1n) is 5.46. The highest BCUT2D eigenvalue weighted by atomic mass is 35.5.